The molecule has 128 valence electrons. The Morgan fingerprint density at radius 2 is 1.96 bits per heavy atom. The van der Waals surface area contributed by atoms with Gasteiger partial charge in [-0.05, 0) is 38.1 Å². The Bertz CT molecular complexity index is 632. The average molecular weight is 342 g/mol. The second kappa shape index (κ2) is 7.15. The smallest absolute Gasteiger partial charge is 0.165 e. The minimum Gasteiger partial charge on any atom is -0.489 e. The van der Waals surface area contributed by atoms with Crippen molar-refractivity contribution in [2.45, 2.75) is 24.9 Å². The van der Waals surface area contributed by atoms with Crippen molar-refractivity contribution < 1.29 is 17.5 Å². The van der Waals surface area contributed by atoms with Crippen LogP contribution >= 0.6 is 0 Å². The van der Waals surface area contributed by atoms with E-state index in [4.69, 9.17) is 4.74 Å². The largest absolute Gasteiger partial charge is 0.489 e. The third-order valence-electron chi connectivity index (χ3n) is 4.54. The molecular weight excluding hydrogens is 319 g/mol. The van der Waals surface area contributed by atoms with Crippen molar-refractivity contribution in [3.05, 3.63) is 30.1 Å². The van der Waals surface area contributed by atoms with E-state index in [2.05, 4.69) is 10.2 Å². The van der Waals surface area contributed by atoms with Crippen LogP contribution in [0.1, 0.15) is 12.8 Å². The summed E-state index contributed by atoms with van der Waals surface area (Å²) in [5.41, 5.74) is 0. The minimum atomic E-state index is -2.98. The number of halogens is 1. The number of benzene rings is 1. The van der Waals surface area contributed by atoms with E-state index in [0.29, 0.717) is 13.2 Å². The lowest BCUT2D eigenvalue weighted by molar-refractivity contribution is 0.217. The summed E-state index contributed by atoms with van der Waals surface area (Å²) in [5.74, 6) is 0.252. The third-order valence-corrected chi connectivity index (χ3v) is 6.25. The number of likely N-dealkylation sites (tertiary alicyclic amines) is 1. The van der Waals surface area contributed by atoms with Gasteiger partial charge in [-0.2, -0.15) is 0 Å². The number of para-hydroxylation sites is 1. The zero-order chi connectivity index (χ0) is 16.3. The molecule has 5 nitrogen and oxygen atoms in total. The summed E-state index contributed by atoms with van der Waals surface area (Å²) in [5, 5.41) is 3.29. The van der Waals surface area contributed by atoms with Crippen molar-refractivity contribution in [3.63, 3.8) is 0 Å². The van der Waals surface area contributed by atoms with E-state index in [1.807, 2.05) is 0 Å². The molecule has 3 rings (SSSR count). The van der Waals surface area contributed by atoms with Crippen molar-refractivity contribution in [2.24, 2.45) is 0 Å². The highest BCUT2D eigenvalue weighted by molar-refractivity contribution is 7.91. The molecule has 0 saturated carbocycles. The van der Waals surface area contributed by atoms with Gasteiger partial charge in [-0.25, -0.2) is 12.8 Å². The topological polar surface area (TPSA) is 58.6 Å². The van der Waals surface area contributed by atoms with Crippen LogP contribution in [0.5, 0.6) is 5.75 Å². The lowest BCUT2D eigenvalue weighted by atomic mass is 10.1. The van der Waals surface area contributed by atoms with Crippen molar-refractivity contribution in [1.29, 1.82) is 0 Å². The summed E-state index contributed by atoms with van der Waals surface area (Å²) in [6, 6.07) is 6.26. The SMILES string of the molecule is O=S1(=O)C[C@@H](NCCOc2ccccc2F)[C@@H](N2CCCC2)C1. The monoisotopic (exact) mass is 342 g/mol. The zero-order valence-electron chi connectivity index (χ0n) is 13.1. The summed E-state index contributed by atoms with van der Waals surface area (Å²) in [7, 11) is -2.98. The Morgan fingerprint density at radius 3 is 2.70 bits per heavy atom. The van der Waals surface area contributed by atoms with E-state index >= 15 is 0 Å². The molecule has 0 aliphatic carbocycles. The third kappa shape index (κ3) is 4.22. The van der Waals surface area contributed by atoms with Crippen LogP contribution in [0.4, 0.5) is 4.39 Å². The lowest BCUT2D eigenvalue weighted by Crippen LogP contribution is -2.49. The number of sulfone groups is 1. The first-order chi connectivity index (χ1) is 11.1. The van der Waals surface area contributed by atoms with E-state index in [0.717, 1.165) is 25.9 Å². The maximum absolute atomic E-state index is 13.5. The van der Waals surface area contributed by atoms with Gasteiger partial charge in [-0.1, -0.05) is 12.1 Å². The van der Waals surface area contributed by atoms with E-state index in [-0.39, 0.29) is 35.2 Å². The first kappa shape index (κ1) is 16.7. The predicted octanol–water partition coefficient (Wildman–Crippen LogP) is 1.06. The fraction of sp³-hybridized carbons (Fsp3) is 0.625. The normalized spacial score (nSPS) is 27.3. The molecule has 0 amide bonds. The highest BCUT2D eigenvalue weighted by atomic mass is 32.2. The van der Waals surface area contributed by atoms with E-state index in [9.17, 15) is 12.8 Å². The maximum atomic E-state index is 13.5. The van der Waals surface area contributed by atoms with Gasteiger partial charge in [0.15, 0.2) is 21.4 Å². The number of rotatable bonds is 6. The molecule has 1 aromatic carbocycles. The Hall–Kier alpha value is -1.18. The Kier molecular flexibility index (Phi) is 5.18. The van der Waals surface area contributed by atoms with Crippen molar-refractivity contribution in [1.82, 2.24) is 10.2 Å². The van der Waals surface area contributed by atoms with Crippen LogP contribution in [0.15, 0.2) is 24.3 Å². The van der Waals surface area contributed by atoms with Gasteiger partial charge in [0, 0.05) is 18.6 Å². The lowest BCUT2D eigenvalue weighted by Gasteiger charge is -2.28. The van der Waals surface area contributed by atoms with Crippen LogP contribution in [-0.4, -0.2) is 63.1 Å². The molecule has 2 saturated heterocycles. The second-order valence-electron chi connectivity index (χ2n) is 6.23. The number of hydrogen-bond donors (Lipinski definition) is 1. The molecule has 0 bridgehead atoms. The molecular formula is C16H23FN2O3S. The van der Waals surface area contributed by atoms with E-state index in [1.165, 1.54) is 6.07 Å². The zero-order valence-corrected chi connectivity index (χ0v) is 13.9. The highest BCUT2D eigenvalue weighted by Crippen LogP contribution is 2.22. The molecule has 0 aromatic heterocycles. The molecule has 7 heteroatoms. The molecule has 0 spiro atoms. The average Bonchev–Trinajstić information content (AvgIpc) is 3.12. The van der Waals surface area contributed by atoms with Gasteiger partial charge in [-0.15, -0.1) is 0 Å². The van der Waals surface area contributed by atoms with Crippen LogP contribution in [0.2, 0.25) is 0 Å². The van der Waals surface area contributed by atoms with Crippen LogP contribution in [-0.2, 0) is 9.84 Å². The Labute approximate surface area is 136 Å². The fourth-order valence-corrected chi connectivity index (χ4v) is 5.41. The van der Waals surface area contributed by atoms with Crippen LogP contribution in [0.3, 0.4) is 0 Å². The molecule has 2 aliphatic heterocycles. The Balaban J connectivity index is 1.51. The Morgan fingerprint density at radius 1 is 1.22 bits per heavy atom. The molecule has 2 aliphatic rings. The number of ether oxygens (including phenoxy) is 1. The predicted molar refractivity (Wildman–Crippen MR) is 86.9 cm³/mol. The second-order valence-corrected chi connectivity index (χ2v) is 8.38. The molecule has 0 radical (unpaired) electrons. The number of nitrogens with one attached hydrogen (secondary N) is 1. The quantitative estimate of drug-likeness (QED) is 0.784. The van der Waals surface area contributed by atoms with Crippen LogP contribution < -0.4 is 10.1 Å². The summed E-state index contributed by atoms with van der Waals surface area (Å²) < 4.78 is 42.8. The first-order valence-corrected chi connectivity index (χ1v) is 9.92. The molecule has 2 atom stereocenters. The van der Waals surface area contributed by atoms with Gasteiger partial charge in [0.05, 0.1) is 11.5 Å². The van der Waals surface area contributed by atoms with Crippen molar-refractivity contribution >= 4 is 9.84 Å². The van der Waals surface area contributed by atoms with E-state index in [1.54, 1.807) is 18.2 Å². The van der Waals surface area contributed by atoms with Crippen molar-refractivity contribution in [2.75, 3.05) is 37.7 Å². The van der Waals surface area contributed by atoms with Gasteiger partial charge in [-0.3, -0.25) is 4.90 Å². The van der Waals surface area contributed by atoms with Gasteiger partial charge in [0.25, 0.3) is 0 Å². The summed E-state index contributed by atoms with van der Waals surface area (Å²) in [6.45, 7) is 2.76. The summed E-state index contributed by atoms with van der Waals surface area (Å²) >= 11 is 0. The molecule has 1 N–H and O–H groups in total. The maximum Gasteiger partial charge on any atom is 0.165 e. The van der Waals surface area contributed by atoms with Gasteiger partial charge >= 0.3 is 0 Å². The number of nitrogens with zero attached hydrogens (tertiary/aromatic N) is 1. The van der Waals surface area contributed by atoms with Gasteiger partial charge in [0.1, 0.15) is 6.61 Å². The van der Waals surface area contributed by atoms with Gasteiger partial charge in [0.2, 0.25) is 0 Å². The molecule has 2 fully saturated rings. The summed E-state index contributed by atoms with van der Waals surface area (Å²) in [6.07, 6.45) is 2.28. The molecule has 1 aromatic rings. The molecule has 23 heavy (non-hydrogen) atoms. The minimum absolute atomic E-state index is 0.0518. The van der Waals surface area contributed by atoms with Crippen LogP contribution in [0, 0.1) is 5.82 Å². The first-order valence-electron chi connectivity index (χ1n) is 8.10. The van der Waals surface area contributed by atoms with Crippen LogP contribution in [0.25, 0.3) is 0 Å². The standard InChI is InChI=1S/C16H23FN2O3S/c17-13-5-1-2-6-16(13)22-10-7-18-14-11-23(20,21)12-15(14)19-8-3-4-9-19/h1-2,5-6,14-15,18H,3-4,7-12H2/t14-,15+/m1/s1. The van der Waals surface area contributed by atoms with Crippen molar-refractivity contribution in [3.8, 4) is 5.75 Å². The number of hydrogen-bond acceptors (Lipinski definition) is 5. The molecule has 0 unspecified atom stereocenters. The van der Waals surface area contributed by atoms with E-state index < -0.39 is 9.84 Å². The van der Waals surface area contributed by atoms with Gasteiger partial charge < -0.3 is 10.1 Å². The highest BCUT2D eigenvalue weighted by Gasteiger charge is 2.41. The molecule has 2 heterocycles. The fourth-order valence-electron chi connectivity index (χ4n) is 3.42. The summed E-state index contributed by atoms with van der Waals surface area (Å²) in [4.78, 5) is 2.28.